The van der Waals surface area contributed by atoms with Gasteiger partial charge in [0.2, 0.25) is 0 Å². The Balaban J connectivity index is 1.82. The zero-order chi connectivity index (χ0) is 21.2. The first-order valence-corrected chi connectivity index (χ1v) is 10.3. The van der Waals surface area contributed by atoms with Gasteiger partial charge in [0, 0.05) is 19.1 Å². The van der Waals surface area contributed by atoms with Crippen LogP contribution in [0.1, 0.15) is 43.9 Å². The number of hydrogen-bond donors (Lipinski definition) is 0. The molecule has 2 aliphatic heterocycles. The van der Waals surface area contributed by atoms with E-state index in [-0.39, 0.29) is 18.6 Å². The Morgan fingerprint density at radius 2 is 1.79 bits per heavy atom. The number of hydrogen-bond acceptors (Lipinski definition) is 4. The number of piperidine rings is 1. The molecular formula is C22H32F3NO3. The molecule has 1 saturated heterocycles. The average molecular weight is 415 g/mol. The fourth-order valence-electron chi connectivity index (χ4n) is 4.91. The Morgan fingerprint density at radius 3 is 2.41 bits per heavy atom. The lowest BCUT2D eigenvalue weighted by atomic mass is 9.74. The molecular weight excluding hydrogens is 383 g/mol. The maximum absolute atomic E-state index is 12.6. The van der Waals surface area contributed by atoms with Crippen LogP contribution in [0, 0.1) is 17.8 Å². The summed E-state index contributed by atoms with van der Waals surface area (Å²) in [5.74, 6) is 2.38. The lowest BCUT2D eigenvalue weighted by Gasteiger charge is -2.47. The van der Waals surface area contributed by atoms with E-state index in [1.54, 1.807) is 14.2 Å². The summed E-state index contributed by atoms with van der Waals surface area (Å²) in [6, 6.07) is 4.27. The SMILES string of the molecule is COc1cc2c(cc1OC)[C@H]1C[C@@H](COCC(F)(F)F)[C@H](CC(C)C)CN1CC2. The molecule has 1 aromatic rings. The van der Waals surface area contributed by atoms with Crippen LogP contribution >= 0.6 is 0 Å². The van der Waals surface area contributed by atoms with Crippen LogP contribution in [0.2, 0.25) is 0 Å². The molecule has 2 heterocycles. The predicted octanol–water partition coefficient (Wildman–Crippen LogP) is 4.86. The molecule has 164 valence electrons. The predicted molar refractivity (Wildman–Crippen MR) is 105 cm³/mol. The quantitative estimate of drug-likeness (QED) is 0.636. The van der Waals surface area contributed by atoms with Crippen molar-refractivity contribution in [2.75, 3.05) is 40.5 Å². The van der Waals surface area contributed by atoms with Gasteiger partial charge in [0.15, 0.2) is 11.5 Å². The molecule has 0 amide bonds. The monoisotopic (exact) mass is 415 g/mol. The van der Waals surface area contributed by atoms with Crippen LogP contribution in [0.25, 0.3) is 0 Å². The first kappa shape index (κ1) is 22.2. The highest BCUT2D eigenvalue weighted by Gasteiger charge is 2.40. The van der Waals surface area contributed by atoms with Crippen molar-refractivity contribution in [3.8, 4) is 11.5 Å². The second kappa shape index (κ2) is 9.13. The van der Waals surface area contributed by atoms with E-state index in [1.807, 2.05) is 12.1 Å². The molecule has 1 fully saturated rings. The first-order chi connectivity index (χ1) is 13.7. The highest BCUT2D eigenvalue weighted by Crippen LogP contribution is 2.45. The molecule has 7 heteroatoms. The topological polar surface area (TPSA) is 30.9 Å². The van der Waals surface area contributed by atoms with E-state index in [9.17, 15) is 13.2 Å². The second-order valence-electron chi connectivity index (χ2n) is 8.68. The first-order valence-electron chi connectivity index (χ1n) is 10.3. The van der Waals surface area contributed by atoms with Gasteiger partial charge in [0.05, 0.1) is 20.8 Å². The van der Waals surface area contributed by atoms with Crippen LogP contribution in [0.5, 0.6) is 11.5 Å². The van der Waals surface area contributed by atoms with Crippen LogP contribution in [-0.4, -0.2) is 51.6 Å². The molecule has 0 saturated carbocycles. The average Bonchev–Trinajstić information content (AvgIpc) is 2.65. The molecule has 0 unspecified atom stereocenters. The number of ether oxygens (including phenoxy) is 3. The highest BCUT2D eigenvalue weighted by atomic mass is 19.4. The van der Waals surface area contributed by atoms with Crippen molar-refractivity contribution in [3.63, 3.8) is 0 Å². The summed E-state index contributed by atoms with van der Waals surface area (Å²) >= 11 is 0. The maximum Gasteiger partial charge on any atom is 0.411 e. The largest absolute Gasteiger partial charge is 0.493 e. The molecule has 0 spiro atoms. The Labute approximate surface area is 171 Å². The molecule has 0 aromatic heterocycles. The third kappa shape index (κ3) is 5.37. The molecule has 3 rings (SSSR count). The minimum absolute atomic E-state index is 0.111. The molecule has 0 N–H and O–H groups in total. The normalized spacial score (nSPS) is 24.9. The molecule has 0 radical (unpaired) electrons. The Bertz CT molecular complexity index is 693. The van der Waals surface area contributed by atoms with E-state index in [1.165, 1.54) is 11.1 Å². The number of fused-ring (bicyclic) bond motifs is 3. The zero-order valence-electron chi connectivity index (χ0n) is 17.7. The van der Waals surface area contributed by atoms with Gasteiger partial charge >= 0.3 is 6.18 Å². The van der Waals surface area contributed by atoms with Gasteiger partial charge < -0.3 is 14.2 Å². The van der Waals surface area contributed by atoms with Gasteiger partial charge in [-0.3, -0.25) is 4.90 Å². The lowest BCUT2D eigenvalue weighted by molar-refractivity contribution is -0.179. The summed E-state index contributed by atoms with van der Waals surface area (Å²) < 4.78 is 53.8. The van der Waals surface area contributed by atoms with Crippen molar-refractivity contribution >= 4 is 0 Å². The fourth-order valence-corrected chi connectivity index (χ4v) is 4.91. The van der Waals surface area contributed by atoms with Crippen LogP contribution in [-0.2, 0) is 11.2 Å². The van der Waals surface area contributed by atoms with Crippen molar-refractivity contribution in [1.82, 2.24) is 4.90 Å². The van der Waals surface area contributed by atoms with Crippen LogP contribution in [0.4, 0.5) is 13.2 Å². The van der Waals surface area contributed by atoms with E-state index < -0.39 is 12.8 Å². The van der Waals surface area contributed by atoms with Crippen LogP contribution in [0.15, 0.2) is 12.1 Å². The van der Waals surface area contributed by atoms with E-state index in [2.05, 4.69) is 18.7 Å². The summed E-state index contributed by atoms with van der Waals surface area (Å²) in [5, 5.41) is 0. The van der Waals surface area contributed by atoms with Crippen molar-refractivity contribution in [2.24, 2.45) is 17.8 Å². The van der Waals surface area contributed by atoms with E-state index in [0.717, 1.165) is 38.1 Å². The number of halogens is 3. The molecule has 4 nitrogen and oxygen atoms in total. The highest BCUT2D eigenvalue weighted by molar-refractivity contribution is 5.49. The molecule has 29 heavy (non-hydrogen) atoms. The van der Waals surface area contributed by atoms with Crippen molar-refractivity contribution < 1.29 is 27.4 Å². The summed E-state index contributed by atoms with van der Waals surface area (Å²) in [4.78, 5) is 2.49. The lowest BCUT2D eigenvalue weighted by Crippen LogP contribution is -2.47. The Morgan fingerprint density at radius 1 is 1.10 bits per heavy atom. The molecule has 0 bridgehead atoms. The molecule has 2 aliphatic rings. The van der Waals surface area contributed by atoms with Gasteiger partial charge in [0.25, 0.3) is 0 Å². The summed E-state index contributed by atoms with van der Waals surface area (Å²) in [6.07, 6.45) is -1.54. The van der Waals surface area contributed by atoms with Gasteiger partial charge in [-0.15, -0.1) is 0 Å². The smallest absolute Gasteiger partial charge is 0.411 e. The molecule has 3 atom stereocenters. The number of nitrogens with zero attached hydrogens (tertiary/aromatic N) is 1. The number of benzene rings is 1. The number of alkyl halides is 3. The number of methoxy groups -OCH3 is 2. The van der Waals surface area contributed by atoms with Gasteiger partial charge in [0.1, 0.15) is 6.61 Å². The second-order valence-corrected chi connectivity index (χ2v) is 8.68. The van der Waals surface area contributed by atoms with E-state index in [4.69, 9.17) is 14.2 Å². The minimum atomic E-state index is -4.28. The van der Waals surface area contributed by atoms with E-state index in [0.29, 0.717) is 17.6 Å². The van der Waals surface area contributed by atoms with E-state index >= 15 is 0 Å². The minimum Gasteiger partial charge on any atom is -0.493 e. The fraction of sp³-hybridized carbons (Fsp3) is 0.727. The standard InChI is InChI=1S/C22H32F3NO3/c1-14(2)7-16-11-26-6-5-15-9-20(27-3)21(28-4)10-18(15)19(26)8-17(16)12-29-13-22(23,24)25/h9-10,14,16-17,19H,5-8,11-13H2,1-4H3/t16-,17+,19-/m1/s1. The van der Waals surface area contributed by atoms with Crippen molar-refractivity contribution in [3.05, 3.63) is 23.3 Å². The molecule has 0 aliphatic carbocycles. The van der Waals surface area contributed by atoms with Gasteiger partial charge in [-0.2, -0.15) is 13.2 Å². The summed E-state index contributed by atoms with van der Waals surface area (Å²) in [5.41, 5.74) is 2.44. The van der Waals surface area contributed by atoms with Crippen LogP contribution < -0.4 is 9.47 Å². The third-order valence-electron chi connectivity index (χ3n) is 6.15. The Kier molecular flexibility index (Phi) is 6.99. The van der Waals surface area contributed by atoms with Gasteiger partial charge in [-0.1, -0.05) is 13.8 Å². The molecule has 1 aromatic carbocycles. The van der Waals surface area contributed by atoms with Crippen molar-refractivity contribution in [1.29, 1.82) is 0 Å². The van der Waals surface area contributed by atoms with Gasteiger partial charge in [-0.25, -0.2) is 0 Å². The number of rotatable bonds is 7. The Hall–Kier alpha value is -1.47. The summed E-state index contributed by atoms with van der Waals surface area (Å²) in [7, 11) is 3.25. The summed E-state index contributed by atoms with van der Waals surface area (Å²) in [6.45, 7) is 5.18. The maximum atomic E-state index is 12.6. The van der Waals surface area contributed by atoms with Crippen LogP contribution in [0.3, 0.4) is 0 Å². The third-order valence-corrected chi connectivity index (χ3v) is 6.15. The van der Waals surface area contributed by atoms with Crippen molar-refractivity contribution in [2.45, 2.75) is 45.3 Å². The van der Waals surface area contributed by atoms with Gasteiger partial charge in [-0.05, 0) is 60.3 Å². The zero-order valence-corrected chi connectivity index (χ0v) is 17.7.